The van der Waals surface area contributed by atoms with Crippen LogP contribution in [0.1, 0.15) is 32.6 Å². The predicted octanol–water partition coefficient (Wildman–Crippen LogP) is 0.0984. The quantitative estimate of drug-likeness (QED) is 0.700. The molecule has 0 spiro atoms. The number of piperidine rings is 1. The van der Waals surface area contributed by atoms with Gasteiger partial charge in [0.25, 0.3) is 0 Å². The summed E-state index contributed by atoms with van der Waals surface area (Å²) in [7, 11) is 1.59. The molecule has 1 heterocycles. The first-order chi connectivity index (χ1) is 8.51. The third kappa shape index (κ3) is 2.23. The highest BCUT2D eigenvalue weighted by Crippen LogP contribution is 2.47. The standard InChI is InChI=1S/C13H23N3O2/c1-9(14)10-4-3-7-16(8-10)12(18)13(5-6-13)11(17)15-2/h9-10H,3-8,14H2,1-2H3,(H,15,17)/t9-,10+/m0/s1. The summed E-state index contributed by atoms with van der Waals surface area (Å²) in [6, 6.07) is 0.107. The summed E-state index contributed by atoms with van der Waals surface area (Å²) >= 11 is 0. The number of hydrogen-bond acceptors (Lipinski definition) is 3. The van der Waals surface area contributed by atoms with Gasteiger partial charge in [-0.3, -0.25) is 9.59 Å². The average molecular weight is 253 g/mol. The summed E-state index contributed by atoms with van der Waals surface area (Å²) in [5, 5.41) is 2.61. The van der Waals surface area contributed by atoms with Gasteiger partial charge in [0.15, 0.2) is 0 Å². The molecular formula is C13H23N3O2. The molecule has 0 aromatic rings. The Morgan fingerprint density at radius 1 is 1.44 bits per heavy atom. The highest BCUT2D eigenvalue weighted by atomic mass is 16.2. The second kappa shape index (κ2) is 4.88. The number of amides is 2. The van der Waals surface area contributed by atoms with E-state index in [-0.39, 0.29) is 17.9 Å². The molecule has 18 heavy (non-hydrogen) atoms. The van der Waals surface area contributed by atoms with Crippen molar-refractivity contribution in [3.8, 4) is 0 Å². The zero-order valence-electron chi connectivity index (χ0n) is 11.2. The van der Waals surface area contributed by atoms with Gasteiger partial charge in [-0.05, 0) is 38.5 Å². The van der Waals surface area contributed by atoms with Crippen molar-refractivity contribution in [2.45, 2.75) is 38.6 Å². The summed E-state index contributed by atoms with van der Waals surface area (Å²) < 4.78 is 0. The van der Waals surface area contributed by atoms with Gasteiger partial charge in [0.05, 0.1) is 0 Å². The van der Waals surface area contributed by atoms with Crippen molar-refractivity contribution in [3.63, 3.8) is 0 Å². The van der Waals surface area contributed by atoms with E-state index in [4.69, 9.17) is 5.73 Å². The number of carbonyl (C=O) groups excluding carboxylic acids is 2. The van der Waals surface area contributed by atoms with E-state index in [0.29, 0.717) is 25.3 Å². The van der Waals surface area contributed by atoms with E-state index in [9.17, 15) is 9.59 Å². The zero-order valence-corrected chi connectivity index (χ0v) is 11.2. The molecule has 0 unspecified atom stereocenters. The summed E-state index contributed by atoms with van der Waals surface area (Å²) in [4.78, 5) is 26.1. The Kier molecular flexibility index (Phi) is 3.61. The molecule has 2 aliphatic rings. The van der Waals surface area contributed by atoms with E-state index >= 15 is 0 Å². The van der Waals surface area contributed by atoms with Crippen molar-refractivity contribution in [2.24, 2.45) is 17.1 Å². The monoisotopic (exact) mass is 253 g/mol. The first-order valence-corrected chi connectivity index (χ1v) is 6.78. The number of nitrogens with two attached hydrogens (primary N) is 1. The van der Waals surface area contributed by atoms with Crippen LogP contribution >= 0.6 is 0 Å². The third-order valence-corrected chi connectivity index (χ3v) is 4.31. The van der Waals surface area contributed by atoms with Gasteiger partial charge in [-0.25, -0.2) is 0 Å². The fourth-order valence-corrected chi connectivity index (χ4v) is 2.83. The van der Waals surface area contributed by atoms with Gasteiger partial charge >= 0.3 is 0 Å². The molecule has 1 aliphatic heterocycles. The number of hydrogen-bond donors (Lipinski definition) is 2. The highest BCUT2D eigenvalue weighted by Gasteiger charge is 2.57. The maximum Gasteiger partial charge on any atom is 0.238 e. The molecule has 5 heteroatoms. The Morgan fingerprint density at radius 2 is 2.11 bits per heavy atom. The number of nitrogens with one attached hydrogen (secondary N) is 1. The van der Waals surface area contributed by atoms with Gasteiger partial charge in [0, 0.05) is 26.2 Å². The summed E-state index contributed by atoms with van der Waals surface area (Å²) in [5.74, 6) is 0.241. The molecule has 2 atom stereocenters. The minimum Gasteiger partial charge on any atom is -0.358 e. The molecular weight excluding hydrogens is 230 g/mol. The van der Waals surface area contributed by atoms with Crippen LogP contribution in [0.3, 0.4) is 0 Å². The molecule has 0 radical (unpaired) electrons. The lowest BCUT2D eigenvalue weighted by Gasteiger charge is -2.36. The van der Waals surface area contributed by atoms with E-state index in [1.54, 1.807) is 7.05 Å². The van der Waals surface area contributed by atoms with Crippen LogP contribution in [-0.2, 0) is 9.59 Å². The normalized spacial score (nSPS) is 27.5. The van der Waals surface area contributed by atoms with Crippen molar-refractivity contribution < 1.29 is 9.59 Å². The number of rotatable bonds is 3. The lowest BCUT2D eigenvalue weighted by Crippen LogP contribution is -2.50. The number of carbonyl (C=O) groups is 2. The summed E-state index contributed by atoms with van der Waals surface area (Å²) in [6.07, 6.45) is 3.44. The Bertz CT molecular complexity index is 350. The minimum atomic E-state index is -0.755. The average Bonchev–Trinajstić information content (AvgIpc) is 3.18. The van der Waals surface area contributed by atoms with Crippen molar-refractivity contribution in [3.05, 3.63) is 0 Å². The van der Waals surface area contributed by atoms with Crippen LogP contribution in [0.15, 0.2) is 0 Å². The first-order valence-electron chi connectivity index (χ1n) is 6.78. The molecule has 2 rings (SSSR count). The lowest BCUT2D eigenvalue weighted by molar-refractivity contribution is -0.145. The molecule has 1 saturated heterocycles. The van der Waals surface area contributed by atoms with E-state index in [1.807, 2.05) is 11.8 Å². The van der Waals surface area contributed by atoms with Gasteiger partial charge in [-0.2, -0.15) is 0 Å². The second-order valence-corrected chi connectivity index (χ2v) is 5.67. The van der Waals surface area contributed by atoms with Gasteiger partial charge in [-0.15, -0.1) is 0 Å². The second-order valence-electron chi connectivity index (χ2n) is 5.67. The van der Waals surface area contributed by atoms with Crippen molar-refractivity contribution in [1.82, 2.24) is 10.2 Å². The molecule has 0 bridgehead atoms. The van der Waals surface area contributed by atoms with Gasteiger partial charge in [0.2, 0.25) is 11.8 Å². The van der Waals surface area contributed by atoms with Gasteiger partial charge < -0.3 is 16.0 Å². The molecule has 1 saturated carbocycles. The van der Waals surface area contributed by atoms with E-state index in [0.717, 1.165) is 19.4 Å². The number of likely N-dealkylation sites (tertiary alicyclic amines) is 1. The van der Waals surface area contributed by atoms with Crippen LogP contribution in [-0.4, -0.2) is 42.9 Å². The summed E-state index contributed by atoms with van der Waals surface area (Å²) in [5.41, 5.74) is 5.17. The molecule has 0 aromatic carbocycles. The molecule has 0 aromatic heterocycles. The van der Waals surface area contributed by atoms with Gasteiger partial charge in [-0.1, -0.05) is 0 Å². The van der Waals surface area contributed by atoms with Gasteiger partial charge in [0.1, 0.15) is 5.41 Å². The SMILES string of the molecule is CNC(=O)C1(C(=O)N2CCC[C@@H]([C@H](C)N)C2)CC1. The zero-order chi connectivity index (χ0) is 13.3. The van der Waals surface area contributed by atoms with Crippen molar-refractivity contribution >= 4 is 11.8 Å². The smallest absolute Gasteiger partial charge is 0.238 e. The van der Waals surface area contributed by atoms with E-state index in [2.05, 4.69) is 5.32 Å². The fraction of sp³-hybridized carbons (Fsp3) is 0.846. The highest BCUT2D eigenvalue weighted by molar-refractivity contribution is 6.07. The molecule has 5 nitrogen and oxygen atoms in total. The van der Waals surface area contributed by atoms with Crippen LogP contribution in [0.4, 0.5) is 0 Å². The number of nitrogens with zero attached hydrogens (tertiary/aromatic N) is 1. The predicted molar refractivity (Wildman–Crippen MR) is 68.7 cm³/mol. The third-order valence-electron chi connectivity index (χ3n) is 4.31. The minimum absolute atomic E-state index is 0.00667. The van der Waals surface area contributed by atoms with Crippen LogP contribution in [0.25, 0.3) is 0 Å². The Morgan fingerprint density at radius 3 is 2.61 bits per heavy atom. The van der Waals surface area contributed by atoms with Crippen LogP contribution in [0, 0.1) is 11.3 Å². The molecule has 3 N–H and O–H groups in total. The molecule has 2 amide bonds. The van der Waals surface area contributed by atoms with Crippen LogP contribution in [0.2, 0.25) is 0 Å². The largest absolute Gasteiger partial charge is 0.358 e. The Balaban J connectivity index is 2.03. The molecule has 1 aliphatic carbocycles. The Labute approximate surface area is 108 Å². The summed E-state index contributed by atoms with van der Waals surface area (Å²) in [6.45, 7) is 3.46. The topological polar surface area (TPSA) is 75.4 Å². The molecule has 102 valence electrons. The van der Waals surface area contributed by atoms with Crippen molar-refractivity contribution in [1.29, 1.82) is 0 Å². The maximum atomic E-state index is 12.5. The lowest BCUT2D eigenvalue weighted by atomic mass is 9.91. The van der Waals surface area contributed by atoms with E-state index in [1.165, 1.54) is 0 Å². The van der Waals surface area contributed by atoms with Crippen LogP contribution in [0.5, 0.6) is 0 Å². The first kappa shape index (κ1) is 13.3. The Hall–Kier alpha value is -1.10. The maximum absolute atomic E-state index is 12.5. The fourth-order valence-electron chi connectivity index (χ4n) is 2.83. The van der Waals surface area contributed by atoms with Crippen molar-refractivity contribution in [2.75, 3.05) is 20.1 Å². The van der Waals surface area contributed by atoms with E-state index < -0.39 is 5.41 Å². The van der Waals surface area contributed by atoms with Crippen LogP contribution < -0.4 is 11.1 Å². The molecule has 2 fully saturated rings.